The van der Waals surface area contributed by atoms with Crippen molar-refractivity contribution in [3.8, 4) is 0 Å². The van der Waals surface area contributed by atoms with Crippen LogP contribution in [0, 0.1) is 17.3 Å². The third kappa shape index (κ3) is 10.4. The fourth-order valence-electron chi connectivity index (χ4n) is 3.05. The zero-order valence-corrected chi connectivity index (χ0v) is 22.1. The molecule has 2 aliphatic rings. The minimum atomic E-state index is -0.847. The van der Waals surface area contributed by atoms with E-state index in [1.54, 1.807) is 43.3 Å². The maximum absolute atomic E-state index is 12.4. The second-order valence-corrected chi connectivity index (χ2v) is 7.62. The molecular weight excluding hydrogens is 432 g/mol. The molecule has 0 heterocycles. The van der Waals surface area contributed by atoms with E-state index in [1.165, 1.54) is 6.92 Å². The first kappa shape index (κ1) is 31.1. The van der Waals surface area contributed by atoms with Crippen LogP contribution in [0.25, 0.3) is 0 Å². The molecule has 3 unspecified atom stereocenters. The summed E-state index contributed by atoms with van der Waals surface area (Å²) in [6.07, 6.45) is 6.73. The van der Waals surface area contributed by atoms with Gasteiger partial charge in [-0.3, -0.25) is 4.79 Å². The fraction of sp³-hybridized carbons (Fsp3) is 0.536. The average molecular weight is 475 g/mol. The molecule has 34 heavy (non-hydrogen) atoms. The molecule has 0 spiro atoms. The van der Waals surface area contributed by atoms with Gasteiger partial charge in [0.25, 0.3) is 0 Å². The van der Waals surface area contributed by atoms with Crippen molar-refractivity contribution in [1.82, 2.24) is 0 Å². The lowest BCUT2D eigenvalue weighted by molar-refractivity contribution is -0.151. The van der Waals surface area contributed by atoms with Gasteiger partial charge in [0.2, 0.25) is 0 Å². The standard InChI is InChI=1S/C22H24O6.3C2H6/c1-15(23)26-12-22(2,13-27-20(24)16-7-4-3-5-8-16)14-28-21(25)18-10-6-9-17-11-19(17)18;3*1-2/h3-10,17,19H,11-14H2,1-2H3;3*1-2H3. The van der Waals surface area contributed by atoms with Gasteiger partial charge in [0.1, 0.15) is 19.8 Å². The molecule has 1 aromatic rings. The highest BCUT2D eigenvalue weighted by molar-refractivity contribution is 5.91. The maximum atomic E-state index is 12.4. The van der Waals surface area contributed by atoms with Gasteiger partial charge in [0.05, 0.1) is 11.0 Å². The fourth-order valence-corrected chi connectivity index (χ4v) is 3.05. The summed E-state index contributed by atoms with van der Waals surface area (Å²) < 4.78 is 16.0. The quantitative estimate of drug-likeness (QED) is 0.331. The second kappa shape index (κ2) is 16.7. The number of allylic oxidation sites excluding steroid dienone is 3. The molecule has 1 fully saturated rings. The molecule has 0 aliphatic heterocycles. The van der Waals surface area contributed by atoms with E-state index in [9.17, 15) is 14.4 Å². The number of hydrogen-bond donors (Lipinski definition) is 0. The summed E-state index contributed by atoms with van der Waals surface area (Å²) >= 11 is 0. The lowest BCUT2D eigenvalue weighted by Gasteiger charge is -2.28. The van der Waals surface area contributed by atoms with Crippen LogP contribution in [-0.4, -0.2) is 37.7 Å². The van der Waals surface area contributed by atoms with Crippen LogP contribution in [0.15, 0.2) is 54.1 Å². The molecule has 6 heteroatoms. The molecule has 6 nitrogen and oxygen atoms in total. The predicted octanol–water partition coefficient (Wildman–Crippen LogP) is 6.17. The number of hydrogen-bond acceptors (Lipinski definition) is 6. The van der Waals surface area contributed by atoms with E-state index < -0.39 is 17.4 Å². The topological polar surface area (TPSA) is 78.9 Å². The van der Waals surface area contributed by atoms with Crippen molar-refractivity contribution in [2.75, 3.05) is 19.8 Å². The first-order valence-corrected chi connectivity index (χ1v) is 12.3. The summed E-state index contributed by atoms with van der Waals surface area (Å²) in [5.74, 6) is -0.630. The minimum absolute atomic E-state index is 0.0251. The van der Waals surface area contributed by atoms with E-state index in [1.807, 2.05) is 47.6 Å². The zero-order valence-electron chi connectivity index (χ0n) is 22.1. The van der Waals surface area contributed by atoms with Crippen molar-refractivity contribution >= 4 is 17.9 Å². The Morgan fingerprint density at radius 1 is 0.853 bits per heavy atom. The molecule has 1 aromatic carbocycles. The van der Waals surface area contributed by atoms with Crippen molar-refractivity contribution in [2.24, 2.45) is 17.3 Å². The van der Waals surface area contributed by atoms with Crippen LogP contribution in [0.4, 0.5) is 0 Å². The molecule has 0 aromatic heterocycles. The summed E-state index contributed by atoms with van der Waals surface area (Å²) in [6.45, 7) is 14.9. The molecule has 1 saturated carbocycles. The van der Waals surface area contributed by atoms with E-state index in [-0.39, 0.29) is 31.7 Å². The lowest BCUT2D eigenvalue weighted by atomic mass is 9.94. The number of carbonyl (C=O) groups is 3. The Balaban J connectivity index is 0.00000168. The van der Waals surface area contributed by atoms with Gasteiger partial charge in [0.15, 0.2) is 0 Å². The largest absolute Gasteiger partial charge is 0.465 e. The van der Waals surface area contributed by atoms with E-state index >= 15 is 0 Å². The number of fused-ring (bicyclic) bond motifs is 1. The Morgan fingerprint density at radius 3 is 1.94 bits per heavy atom. The summed E-state index contributed by atoms with van der Waals surface area (Å²) in [7, 11) is 0. The zero-order chi connectivity index (χ0) is 26.1. The van der Waals surface area contributed by atoms with Crippen LogP contribution < -0.4 is 0 Å². The van der Waals surface area contributed by atoms with Gasteiger partial charge in [-0.15, -0.1) is 0 Å². The molecule has 2 aliphatic carbocycles. The highest BCUT2D eigenvalue weighted by atomic mass is 16.6. The molecule has 3 rings (SSSR count). The first-order chi connectivity index (χ1) is 16.4. The molecular formula is C28H42O6. The monoisotopic (exact) mass is 474 g/mol. The summed E-state index contributed by atoms with van der Waals surface area (Å²) in [5, 5.41) is 0. The molecule has 0 amide bonds. The second-order valence-electron chi connectivity index (χ2n) is 7.62. The Kier molecular flexibility index (Phi) is 15.3. The molecule has 0 radical (unpaired) electrons. The molecule has 0 bridgehead atoms. The van der Waals surface area contributed by atoms with E-state index in [0.717, 1.165) is 6.42 Å². The van der Waals surface area contributed by atoms with Crippen molar-refractivity contribution < 1.29 is 28.6 Å². The molecule has 0 N–H and O–H groups in total. The minimum Gasteiger partial charge on any atom is -0.465 e. The van der Waals surface area contributed by atoms with Crippen molar-refractivity contribution in [3.05, 3.63) is 59.7 Å². The number of ether oxygens (including phenoxy) is 3. The number of rotatable bonds is 8. The normalized spacial score (nSPS) is 18.3. The van der Waals surface area contributed by atoms with Crippen LogP contribution in [-0.2, 0) is 23.8 Å². The molecule has 190 valence electrons. The van der Waals surface area contributed by atoms with Crippen molar-refractivity contribution in [2.45, 2.75) is 61.8 Å². The maximum Gasteiger partial charge on any atom is 0.338 e. The summed E-state index contributed by atoms with van der Waals surface area (Å²) in [6, 6.07) is 8.60. The number of esters is 3. The number of benzene rings is 1. The third-order valence-electron chi connectivity index (χ3n) is 4.85. The van der Waals surface area contributed by atoms with Crippen LogP contribution >= 0.6 is 0 Å². The van der Waals surface area contributed by atoms with Gasteiger partial charge in [-0.2, -0.15) is 0 Å². The van der Waals surface area contributed by atoms with E-state index in [4.69, 9.17) is 14.2 Å². The molecule has 3 atom stereocenters. The summed E-state index contributed by atoms with van der Waals surface area (Å²) in [5.41, 5.74) is 0.247. The highest BCUT2D eigenvalue weighted by Crippen LogP contribution is 2.47. The Bertz CT molecular complexity index is 811. The van der Waals surface area contributed by atoms with Crippen molar-refractivity contribution in [3.63, 3.8) is 0 Å². The first-order valence-electron chi connectivity index (χ1n) is 12.3. The molecule has 0 saturated heterocycles. The van der Waals surface area contributed by atoms with Crippen LogP contribution in [0.5, 0.6) is 0 Å². The smallest absolute Gasteiger partial charge is 0.338 e. The van der Waals surface area contributed by atoms with E-state index in [0.29, 0.717) is 17.1 Å². The predicted molar refractivity (Wildman–Crippen MR) is 135 cm³/mol. The lowest BCUT2D eigenvalue weighted by Crippen LogP contribution is -2.37. The Morgan fingerprint density at radius 2 is 1.38 bits per heavy atom. The van der Waals surface area contributed by atoms with Crippen LogP contribution in [0.2, 0.25) is 0 Å². The van der Waals surface area contributed by atoms with Gasteiger partial charge >= 0.3 is 17.9 Å². The SMILES string of the molecule is CC.CC.CC.CC(=O)OCC(C)(COC(=O)C1=CC=CC2CC12)COC(=O)c1ccccc1. The van der Waals surface area contributed by atoms with Crippen LogP contribution in [0.1, 0.15) is 72.2 Å². The van der Waals surface area contributed by atoms with Gasteiger partial charge in [0, 0.05) is 12.5 Å². The summed E-state index contributed by atoms with van der Waals surface area (Å²) in [4.78, 5) is 35.9. The third-order valence-corrected chi connectivity index (χ3v) is 4.85. The van der Waals surface area contributed by atoms with Gasteiger partial charge in [-0.05, 0) is 37.3 Å². The van der Waals surface area contributed by atoms with Crippen molar-refractivity contribution in [1.29, 1.82) is 0 Å². The number of carbonyl (C=O) groups excluding carboxylic acids is 3. The van der Waals surface area contributed by atoms with Gasteiger partial charge < -0.3 is 14.2 Å². The Labute approximate surface area is 205 Å². The average Bonchev–Trinajstić information content (AvgIpc) is 3.69. The van der Waals surface area contributed by atoms with Crippen LogP contribution in [0.3, 0.4) is 0 Å². The highest BCUT2D eigenvalue weighted by Gasteiger charge is 2.43. The van der Waals surface area contributed by atoms with Gasteiger partial charge in [-0.1, -0.05) is 78.0 Å². The van der Waals surface area contributed by atoms with E-state index in [2.05, 4.69) is 6.08 Å². The van der Waals surface area contributed by atoms with Gasteiger partial charge in [-0.25, -0.2) is 9.59 Å². The Hall–Kier alpha value is -2.89.